The SMILES string of the molecule is C[C@@H]1C[C@@H](C)CN(C(=O)COC(=O)CNC(=O)C23CC4CC(CC(C4)C2)C3)C1. The maximum atomic E-state index is 12.9. The van der Waals surface area contributed by atoms with Crippen molar-refractivity contribution in [1.82, 2.24) is 10.2 Å². The van der Waals surface area contributed by atoms with Crippen LogP contribution in [0, 0.1) is 35.0 Å². The summed E-state index contributed by atoms with van der Waals surface area (Å²) < 4.78 is 5.15. The Labute approximate surface area is 167 Å². The molecule has 0 spiro atoms. The molecule has 6 nitrogen and oxygen atoms in total. The normalized spacial score (nSPS) is 38.9. The Hall–Kier alpha value is -1.59. The molecule has 2 atom stereocenters. The Morgan fingerprint density at radius 1 is 0.929 bits per heavy atom. The van der Waals surface area contributed by atoms with Crippen molar-refractivity contribution in [3.8, 4) is 0 Å². The summed E-state index contributed by atoms with van der Waals surface area (Å²) in [4.78, 5) is 39.1. The first-order chi connectivity index (χ1) is 13.3. The van der Waals surface area contributed by atoms with E-state index in [0.29, 0.717) is 29.6 Å². The van der Waals surface area contributed by atoms with Gasteiger partial charge in [0, 0.05) is 18.5 Å². The van der Waals surface area contributed by atoms with Gasteiger partial charge in [-0.2, -0.15) is 0 Å². The van der Waals surface area contributed by atoms with Crippen molar-refractivity contribution in [2.75, 3.05) is 26.2 Å². The number of amides is 2. The molecule has 4 saturated carbocycles. The molecule has 0 aromatic carbocycles. The number of esters is 1. The fraction of sp³-hybridized carbons (Fsp3) is 0.864. The molecule has 1 aliphatic heterocycles. The number of nitrogens with one attached hydrogen (secondary N) is 1. The summed E-state index contributed by atoms with van der Waals surface area (Å²) in [5, 5.41) is 2.82. The zero-order valence-electron chi connectivity index (χ0n) is 17.2. The second kappa shape index (κ2) is 7.68. The Morgan fingerprint density at radius 3 is 2.00 bits per heavy atom. The van der Waals surface area contributed by atoms with Crippen molar-refractivity contribution >= 4 is 17.8 Å². The summed E-state index contributed by atoms with van der Waals surface area (Å²) >= 11 is 0. The van der Waals surface area contributed by atoms with Gasteiger partial charge in [0.15, 0.2) is 6.61 Å². The molecule has 2 amide bonds. The molecule has 0 aromatic rings. The first-order valence-corrected chi connectivity index (χ1v) is 11.0. The number of ether oxygens (including phenoxy) is 1. The molecule has 4 aliphatic carbocycles. The van der Waals surface area contributed by atoms with Crippen LogP contribution in [-0.2, 0) is 19.1 Å². The van der Waals surface area contributed by atoms with E-state index in [9.17, 15) is 14.4 Å². The van der Waals surface area contributed by atoms with Crippen molar-refractivity contribution in [3.63, 3.8) is 0 Å². The van der Waals surface area contributed by atoms with Gasteiger partial charge in [-0.1, -0.05) is 13.8 Å². The highest BCUT2D eigenvalue weighted by molar-refractivity contribution is 5.87. The van der Waals surface area contributed by atoms with Gasteiger partial charge in [-0.3, -0.25) is 14.4 Å². The van der Waals surface area contributed by atoms with Crippen LogP contribution in [0.4, 0.5) is 0 Å². The van der Waals surface area contributed by atoms with Crippen LogP contribution in [0.1, 0.15) is 58.8 Å². The lowest BCUT2D eigenvalue weighted by Gasteiger charge is -2.55. The minimum Gasteiger partial charge on any atom is -0.454 e. The summed E-state index contributed by atoms with van der Waals surface area (Å²) in [6, 6.07) is 0. The number of nitrogens with zero attached hydrogens (tertiary/aromatic N) is 1. The lowest BCUT2D eigenvalue weighted by molar-refractivity contribution is -0.155. The molecule has 0 aromatic heterocycles. The smallest absolute Gasteiger partial charge is 0.325 e. The predicted molar refractivity (Wildman–Crippen MR) is 104 cm³/mol. The van der Waals surface area contributed by atoms with Crippen LogP contribution in [0.5, 0.6) is 0 Å². The minimum atomic E-state index is -0.524. The molecule has 1 heterocycles. The molecule has 5 rings (SSSR count). The van der Waals surface area contributed by atoms with Gasteiger partial charge in [-0.05, 0) is 74.5 Å². The Kier molecular flexibility index (Phi) is 5.41. The molecule has 0 unspecified atom stereocenters. The Morgan fingerprint density at radius 2 is 1.46 bits per heavy atom. The highest BCUT2D eigenvalue weighted by Gasteiger charge is 2.54. The highest BCUT2D eigenvalue weighted by atomic mass is 16.5. The van der Waals surface area contributed by atoms with Gasteiger partial charge >= 0.3 is 5.97 Å². The number of rotatable bonds is 5. The molecule has 28 heavy (non-hydrogen) atoms. The van der Waals surface area contributed by atoms with E-state index < -0.39 is 5.97 Å². The van der Waals surface area contributed by atoms with Gasteiger partial charge in [-0.15, -0.1) is 0 Å². The van der Waals surface area contributed by atoms with Crippen LogP contribution in [-0.4, -0.2) is 48.9 Å². The van der Waals surface area contributed by atoms with E-state index in [1.807, 2.05) is 0 Å². The molecular weight excluding hydrogens is 356 g/mol. The fourth-order valence-corrected chi connectivity index (χ4v) is 6.88. The molecule has 5 aliphatic rings. The molecule has 156 valence electrons. The molecule has 1 N–H and O–H groups in total. The zero-order chi connectivity index (χ0) is 19.9. The van der Waals surface area contributed by atoms with Crippen LogP contribution in [0.25, 0.3) is 0 Å². The molecule has 0 radical (unpaired) electrons. The first kappa shape index (κ1) is 19.7. The van der Waals surface area contributed by atoms with Crippen molar-refractivity contribution in [2.24, 2.45) is 35.0 Å². The molecule has 6 heteroatoms. The maximum absolute atomic E-state index is 12.9. The maximum Gasteiger partial charge on any atom is 0.325 e. The largest absolute Gasteiger partial charge is 0.454 e. The van der Waals surface area contributed by atoms with E-state index in [0.717, 1.165) is 38.8 Å². The van der Waals surface area contributed by atoms with Gasteiger partial charge in [-0.25, -0.2) is 0 Å². The van der Waals surface area contributed by atoms with Crippen LogP contribution in [0.3, 0.4) is 0 Å². The summed E-state index contributed by atoms with van der Waals surface area (Å²) in [6.45, 7) is 5.36. The first-order valence-electron chi connectivity index (χ1n) is 11.0. The van der Waals surface area contributed by atoms with E-state index in [-0.39, 0.29) is 30.4 Å². The standard InChI is InChI=1S/C22H34N2O4/c1-14-3-15(2)12-24(11-14)19(25)13-28-20(26)10-23-21(27)22-7-16-4-17(8-22)6-18(5-16)9-22/h14-18H,3-13H2,1-2H3,(H,23,27)/t14-,15-,16?,17?,18?,22?/m1/s1. The second-order valence-electron chi connectivity index (χ2n) is 10.3. The fourth-order valence-electron chi connectivity index (χ4n) is 6.88. The number of carbonyl (C=O) groups excluding carboxylic acids is 3. The average Bonchev–Trinajstić information content (AvgIpc) is 2.62. The molecule has 4 bridgehead atoms. The number of carbonyl (C=O) groups is 3. The summed E-state index contributed by atoms with van der Waals surface area (Å²) in [5.41, 5.74) is -0.259. The van der Waals surface area contributed by atoms with E-state index in [2.05, 4.69) is 19.2 Å². The summed E-state index contributed by atoms with van der Waals surface area (Å²) in [6.07, 6.45) is 7.90. The van der Waals surface area contributed by atoms with Crippen LogP contribution in [0.15, 0.2) is 0 Å². The summed E-state index contributed by atoms with van der Waals surface area (Å²) in [7, 11) is 0. The third-order valence-corrected chi connectivity index (χ3v) is 7.49. The van der Waals surface area contributed by atoms with Gasteiger partial charge in [0.2, 0.25) is 5.91 Å². The van der Waals surface area contributed by atoms with Gasteiger partial charge in [0.05, 0.1) is 0 Å². The third kappa shape index (κ3) is 4.06. The minimum absolute atomic E-state index is 0.0218. The molecule has 1 saturated heterocycles. The number of likely N-dealkylation sites (tertiary alicyclic amines) is 1. The summed E-state index contributed by atoms with van der Waals surface area (Å²) in [5.74, 6) is 2.38. The van der Waals surface area contributed by atoms with Gasteiger partial charge < -0.3 is 15.0 Å². The topological polar surface area (TPSA) is 75.7 Å². The van der Waals surface area contributed by atoms with Gasteiger partial charge in [0.1, 0.15) is 6.54 Å². The predicted octanol–water partition coefficient (Wildman–Crippen LogP) is 2.37. The lowest BCUT2D eigenvalue weighted by atomic mass is 9.49. The zero-order valence-corrected chi connectivity index (χ0v) is 17.2. The monoisotopic (exact) mass is 390 g/mol. The van der Waals surface area contributed by atoms with E-state index >= 15 is 0 Å². The van der Waals surface area contributed by atoms with Crippen molar-refractivity contribution in [1.29, 1.82) is 0 Å². The van der Waals surface area contributed by atoms with Crippen molar-refractivity contribution in [3.05, 3.63) is 0 Å². The average molecular weight is 391 g/mol. The van der Waals surface area contributed by atoms with E-state index in [1.165, 1.54) is 19.3 Å². The third-order valence-electron chi connectivity index (χ3n) is 7.49. The van der Waals surface area contributed by atoms with Crippen LogP contribution < -0.4 is 5.32 Å². The number of hydrogen-bond donors (Lipinski definition) is 1. The van der Waals surface area contributed by atoms with E-state index in [1.54, 1.807) is 4.90 Å². The Balaban J connectivity index is 1.21. The van der Waals surface area contributed by atoms with Crippen molar-refractivity contribution < 1.29 is 19.1 Å². The van der Waals surface area contributed by atoms with Crippen molar-refractivity contribution in [2.45, 2.75) is 58.8 Å². The van der Waals surface area contributed by atoms with Crippen LogP contribution >= 0.6 is 0 Å². The highest BCUT2D eigenvalue weighted by Crippen LogP contribution is 2.60. The second-order valence-corrected chi connectivity index (χ2v) is 10.3. The number of hydrogen-bond acceptors (Lipinski definition) is 4. The van der Waals surface area contributed by atoms with Gasteiger partial charge in [0.25, 0.3) is 5.91 Å². The van der Waals surface area contributed by atoms with E-state index in [4.69, 9.17) is 4.74 Å². The lowest BCUT2D eigenvalue weighted by Crippen LogP contribution is -2.54. The Bertz CT molecular complexity index is 601. The quantitative estimate of drug-likeness (QED) is 0.731. The molecular formula is C22H34N2O4. The number of piperidine rings is 1. The molecule has 5 fully saturated rings. The van der Waals surface area contributed by atoms with Crippen LogP contribution in [0.2, 0.25) is 0 Å².